The van der Waals surface area contributed by atoms with E-state index in [2.05, 4.69) is 10.3 Å². The molecular weight excluding hydrogens is 423 g/mol. The highest BCUT2D eigenvalue weighted by Crippen LogP contribution is 2.40. The minimum atomic E-state index is -3.60. The summed E-state index contributed by atoms with van der Waals surface area (Å²) in [4.78, 5) is 4.00. The summed E-state index contributed by atoms with van der Waals surface area (Å²) in [6, 6.07) is 5.04. The fourth-order valence-electron chi connectivity index (χ4n) is 4.26. The molecule has 0 amide bonds. The van der Waals surface area contributed by atoms with E-state index in [0.717, 1.165) is 12.8 Å². The number of aryl methyl sites for hydroxylation is 1. The molecule has 1 aliphatic carbocycles. The summed E-state index contributed by atoms with van der Waals surface area (Å²) >= 11 is 12.0. The number of rotatable bonds is 5. The minimum absolute atomic E-state index is 0.0263. The second-order valence-corrected chi connectivity index (χ2v) is 10.2. The number of aliphatic hydroxyl groups excluding tert-OH is 1. The third-order valence-electron chi connectivity index (χ3n) is 5.74. The van der Waals surface area contributed by atoms with Gasteiger partial charge in [0.05, 0.1) is 16.4 Å². The first-order valence-corrected chi connectivity index (χ1v) is 11.3. The molecule has 1 saturated heterocycles. The van der Waals surface area contributed by atoms with Gasteiger partial charge >= 0.3 is 0 Å². The molecule has 1 saturated carbocycles. The lowest BCUT2D eigenvalue weighted by molar-refractivity contribution is 0.114. The molecular formula is C18H22Cl2N4O3S. The highest BCUT2D eigenvalue weighted by atomic mass is 35.5. The van der Waals surface area contributed by atoms with Crippen molar-refractivity contribution in [3.05, 3.63) is 46.3 Å². The maximum absolute atomic E-state index is 12.9. The van der Waals surface area contributed by atoms with Crippen LogP contribution in [0.5, 0.6) is 0 Å². The number of hydrogen-bond donors (Lipinski definition) is 2. The molecule has 1 aromatic carbocycles. The van der Waals surface area contributed by atoms with Gasteiger partial charge in [-0.3, -0.25) is 5.32 Å². The zero-order valence-corrected chi connectivity index (χ0v) is 17.6. The van der Waals surface area contributed by atoms with Crippen molar-refractivity contribution in [1.82, 2.24) is 19.2 Å². The number of halogens is 2. The van der Waals surface area contributed by atoms with Crippen LogP contribution in [0.1, 0.15) is 24.6 Å². The maximum Gasteiger partial charge on any atom is 0.262 e. The molecule has 2 N–H and O–H groups in total. The second-order valence-electron chi connectivity index (χ2n) is 7.55. The molecule has 0 bridgehead atoms. The quantitative estimate of drug-likeness (QED) is 0.691. The summed E-state index contributed by atoms with van der Waals surface area (Å²) in [5.74, 6) is 0.424. The normalized spacial score (nSPS) is 26.5. The van der Waals surface area contributed by atoms with Crippen molar-refractivity contribution in [2.45, 2.75) is 30.1 Å². The number of fused-ring (bicyclic) bond motifs is 1. The van der Waals surface area contributed by atoms with Crippen LogP contribution >= 0.6 is 23.2 Å². The summed E-state index contributed by atoms with van der Waals surface area (Å²) in [6.45, 7) is 0.917. The number of benzene rings is 1. The van der Waals surface area contributed by atoms with Gasteiger partial charge in [-0.25, -0.2) is 13.4 Å². The molecule has 1 aliphatic heterocycles. The van der Waals surface area contributed by atoms with Crippen molar-refractivity contribution in [3.63, 3.8) is 0 Å². The molecule has 2 fully saturated rings. The lowest BCUT2D eigenvalue weighted by atomic mass is 9.97. The molecule has 10 heteroatoms. The van der Waals surface area contributed by atoms with E-state index < -0.39 is 16.3 Å². The molecule has 152 valence electrons. The van der Waals surface area contributed by atoms with Gasteiger partial charge in [-0.15, -0.1) is 0 Å². The third-order valence-corrected chi connectivity index (χ3v) is 8.20. The zero-order chi connectivity index (χ0) is 20.1. The summed E-state index contributed by atoms with van der Waals surface area (Å²) in [5, 5.41) is 14.7. The summed E-state index contributed by atoms with van der Waals surface area (Å²) in [7, 11) is -1.85. The van der Waals surface area contributed by atoms with Gasteiger partial charge in [0.2, 0.25) is 0 Å². The van der Waals surface area contributed by atoms with Gasteiger partial charge in [-0.2, -0.15) is 4.31 Å². The molecule has 0 spiro atoms. The topological polar surface area (TPSA) is 87.5 Å². The largest absolute Gasteiger partial charge is 0.374 e. The Morgan fingerprint density at radius 1 is 1.25 bits per heavy atom. The first-order chi connectivity index (χ1) is 13.3. The summed E-state index contributed by atoms with van der Waals surface area (Å²) in [6.07, 6.45) is 3.94. The summed E-state index contributed by atoms with van der Waals surface area (Å²) < 4.78 is 28.8. The standard InChI is InChI=1S/C18H22Cl2N4O3S/c1-23-9-17(21-10-23)28(26,27)24-7-12-3-5-16(13(12)8-24)22-18(25)11-2-4-14(19)15(20)6-11/h2,4,6,9-10,12-13,16,18,22,25H,3,5,7-8H2,1H3. The Kier molecular flexibility index (Phi) is 5.45. The fraction of sp³-hybridized carbons (Fsp3) is 0.500. The van der Waals surface area contributed by atoms with Crippen molar-refractivity contribution in [3.8, 4) is 0 Å². The van der Waals surface area contributed by atoms with Crippen molar-refractivity contribution in [2.24, 2.45) is 18.9 Å². The molecule has 4 unspecified atom stereocenters. The number of hydrogen-bond acceptors (Lipinski definition) is 5. The average molecular weight is 445 g/mol. The van der Waals surface area contributed by atoms with Gasteiger partial charge in [0.25, 0.3) is 10.0 Å². The van der Waals surface area contributed by atoms with Crippen molar-refractivity contribution >= 4 is 33.2 Å². The number of aromatic nitrogens is 2. The van der Waals surface area contributed by atoms with Gasteiger partial charge in [-0.05, 0) is 42.4 Å². The number of nitrogens with one attached hydrogen (secondary N) is 1. The Morgan fingerprint density at radius 3 is 2.71 bits per heavy atom. The summed E-state index contributed by atoms with van der Waals surface area (Å²) in [5.41, 5.74) is 0.633. The van der Waals surface area contributed by atoms with Crippen LogP contribution in [0.25, 0.3) is 0 Å². The molecule has 0 radical (unpaired) electrons. The van der Waals surface area contributed by atoms with E-state index in [0.29, 0.717) is 28.7 Å². The number of sulfonamides is 1. The van der Waals surface area contributed by atoms with Gasteiger partial charge in [0, 0.05) is 32.4 Å². The number of imidazole rings is 1. The van der Waals surface area contributed by atoms with Gasteiger partial charge < -0.3 is 9.67 Å². The third kappa shape index (κ3) is 3.69. The van der Waals surface area contributed by atoms with Gasteiger partial charge in [0.15, 0.2) is 5.03 Å². The molecule has 2 heterocycles. The maximum atomic E-state index is 12.9. The lowest BCUT2D eigenvalue weighted by Crippen LogP contribution is -2.39. The molecule has 1 aromatic heterocycles. The lowest BCUT2D eigenvalue weighted by Gasteiger charge is -2.24. The van der Waals surface area contributed by atoms with Crippen LogP contribution in [-0.2, 0) is 17.1 Å². The second kappa shape index (κ2) is 7.59. The minimum Gasteiger partial charge on any atom is -0.374 e. The van der Waals surface area contributed by atoms with Crippen LogP contribution in [0.3, 0.4) is 0 Å². The smallest absolute Gasteiger partial charge is 0.262 e. The molecule has 2 aliphatic rings. The Hall–Kier alpha value is -1.16. The first kappa shape index (κ1) is 20.1. The van der Waals surface area contributed by atoms with Crippen LogP contribution in [0.4, 0.5) is 0 Å². The van der Waals surface area contributed by atoms with E-state index in [4.69, 9.17) is 23.2 Å². The van der Waals surface area contributed by atoms with Crippen LogP contribution in [0.15, 0.2) is 35.7 Å². The molecule has 4 rings (SSSR count). The van der Waals surface area contributed by atoms with Crippen molar-refractivity contribution in [2.75, 3.05) is 13.1 Å². The Morgan fingerprint density at radius 2 is 2.04 bits per heavy atom. The molecule has 28 heavy (non-hydrogen) atoms. The van der Waals surface area contributed by atoms with Crippen LogP contribution in [-0.4, -0.2) is 46.5 Å². The van der Waals surface area contributed by atoms with E-state index in [1.807, 2.05) is 0 Å². The molecule has 2 aromatic rings. The van der Waals surface area contributed by atoms with Gasteiger partial charge in [-0.1, -0.05) is 29.3 Å². The van der Waals surface area contributed by atoms with Gasteiger partial charge in [0.1, 0.15) is 6.23 Å². The monoisotopic (exact) mass is 444 g/mol. The predicted octanol–water partition coefficient (Wildman–Crippen LogP) is 2.41. The van der Waals surface area contributed by atoms with E-state index in [1.54, 1.807) is 29.8 Å². The Labute approximate surface area is 174 Å². The van der Waals surface area contributed by atoms with Crippen LogP contribution < -0.4 is 5.32 Å². The molecule has 7 nitrogen and oxygen atoms in total. The van der Waals surface area contributed by atoms with Crippen molar-refractivity contribution in [1.29, 1.82) is 0 Å². The number of aliphatic hydroxyl groups is 1. The fourth-order valence-corrected chi connectivity index (χ4v) is 6.07. The highest BCUT2D eigenvalue weighted by Gasteiger charge is 2.47. The van der Waals surface area contributed by atoms with Crippen LogP contribution in [0.2, 0.25) is 10.0 Å². The SMILES string of the molecule is Cn1cnc(S(=O)(=O)N2CC3CCC(NC(O)c4ccc(Cl)c(Cl)c4)C3C2)c1. The number of nitrogens with zero attached hydrogens (tertiary/aromatic N) is 3. The first-order valence-electron chi connectivity index (χ1n) is 9.13. The van der Waals surface area contributed by atoms with Crippen molar-refractivity contribution < 1.29 is 13.5 Å². The highest BCUT2D eigenvalue weighted by molar-refractivity contribution is 7.89. The average Bonchev–Trinajstić information content (AvgIpc) is 3.34. The van der Waals surface area contributed by atoms with E-state index in [-0.39, 0.29) is 22.9 Å². The Balaban J connectivity index is 1.45. The Bertz CT molecular complexity index is 981. The molecule has 4 atom stereocenters. The predicted molar refractivity (Wildman–Crippen MR) is 107 cm³/mol. The van der Waals surface area contributed by atoms with E-state index >= 15 is 0 Å². The van der Waals surface area contributed by atoms with E-state index in [9.17, 15) is 13.5 Å². The zero-order valence-electron chi connectivity index (χ0n) is 15.3. The van der Waals surface area contributed by atoms with E-state index in [1.165, 1.54) is 16.8 Å². The van der Waals surface area contributed by atoms with Crippen LogP contribution in [0, 0.1) is 11.8 Å².